The quantitative estimate of drug-likeness (QED) is 0.354. The Morgan fingerprint density at radius 3 is 2.55 bits per heavy atom. The van der Waals surface area contributed by atoms with E-state index in [0.29, 0.717) is 6.04 Å². The number of aromatic nitrogens is 3. The van der Waals surface area contributed by atoms with Gasteiger partial charge in [0.25, 0.3) is 0 Å². The molecule has 0 saturated carbocycles. The van der Waals surface area contributed by atoms with Gasteiger partial charge in [-0.05, 0) is 50.2 Å². The maximum absolute atomic E-state index is 5.04. The lowest BCUT2D eigenvalue weighted by Gasteiger charge is -2.24. The molecule has 2 aromatic carbocycles. The molecule has 2 aromatic heterocycles. The number of hydrogen-bond donors (Lipinski definition) is 0. The molecule has 1 atom stereocenters. The molecule has 0 amide bonds. The number of fused-ring (bicyclic) bond motifs is 5. The Labute approximate surface area is 195 Å². The van der Waals surface area contributed by atoms with Gasteiger partial charge < -0.3 is 0 Å². The predicted molar refractivity (Wildman–Crippen MR) is 140 cm³/mol. The number of para-hydroxylation sites is 4. The summed E-state index contributed by atoms with van der Waals surface area (Å²) in [5, 5.41) is 0. The summed E-state index contributed by atoms with van der Waals surface area (Å²) >= 11 is 0. The zero-order chi connectivity index (χ0) is 22.8. The smallest absolute Gasteiger partial charge is 0.220 e. The van der Waals surface area contributed by atoms with Gasteiger partial charge in [-0.3, -0.25) is 13.9 Å². The van der Waals surface area contributed by atoms with Gasteiger partial charge in [-0.25, -0.2) is 4.98 Å². The van der Waals surface area contributed by atoms with Gasteiger partial charge in [0.1, 0.15) is 0 Å². The summed E-state index contributed by atoms with van der Waals surface area (Å²) < 4.78 is 4.55. The molecule has 0 radical (unpaired) electrons. The number of nitrogens with zero attached hydrogens (tertiary/aromatic N) is 4. The minimum absolute atomic E-state index is 0.313. The Bertz CT molecular complexity index is 1440. The second kappa shape index (κ2) is 9.08. The van der Waals surface area contributed by atoms with E-state index in [9.17, 15) is 0 Å². The number of benzene rings is 2. The van der Waals surface area contributed by atoms with E-state index in [1.165, 1.54) is 0 Å². The number of imidazole rings is 2. The fourth-order valence-corrected chi connectivity index (χ4v) is 4.55. The maximum Gasteiger partial charge on any atom is 0.220 e. The van der Waals surface area contributed by atoms with Gasteiger partial charge in [-0.2, -0.15) is 0 Å². The van der Waals surface area contributed by atoms with Gasteiger partial charge in [0, 0.05) is 18.3 Å². The van der Waals surface area contributed by atoms with Crippen molar-refractivity contribution in [3.05, 3.63) is 103 Å². The lowest BCUT2D eigenvalue weighted by atomic mass is 10.1. The first-order valence-corrected chi connectivity index (χ1v) is 11.7. The highest BCUT2D eigenvalue weighted by Gasteiger charge is 2.17. The zero-order valence-corrected chi connectivity index (χ0v) is 19.4. The molecule has 0 spiro atoms. The van der Waals surface area contributed by atoms with Gasteiger partial charge in [-0.1, -0.05) is 79.8 Å². The summed E-state index contributed by atoms with van der Waals surface area (Å²) in [4.78, 5) is 7.48. The first kappa shape index (κ1) is 21.2. The second-order valence-electron chi connectivity index (χ2n) is 8.53. The van der Waals surface area contributed by atoms with Crippen molar-refractivity contribution in [3.8, 4) is 0 Å². The van der Waals surface area contributed by atoms with Gasteiger partial charge in [0.15, 0.2) is 0 Å². The largest absolute Gasteiger partial charge is 0.294 e. The summed E-state index contributed by atoms with van der Waals surface area (Å²) in [5.41, 5.74) is 6.62. The van der Waals surface area contributed by atoms with Crippen LogP contribution < -0.4 is 0 Å². The van der Waals surface area contributed by atoms with Crippen molar-refractivity contribution >= 4 is 33.5 Å². The van der Waals surface area contributed by atoms with Crippen molar-refractivity contribution in [1.82, 2.24) is 18.9 Å². The van der Waals surface area contributed by atoms with Crippen LogP contribution in [-0.4, -0.2) is 38.0 Å². The Balaban J connectivity index is 1.73. The highest BCUT2D eigenvalue weighted by Crippen LogP contribution is 2.29. The molecule has 5 rings (SSSR count). The van der Waals surface area contributed by atoms with E-state index in [0.717, 1.165) is 58.6 Å². The van der Waals surface area contributed by atoms with E-state index in [1.54, 1.807) is 0 Å². The first-order chi connectivity index (χ1) is 16.2. The molecular weight excluding hydrogens is 404 g/mol. The van der Waals surface area contributed by atoms with Gasteiger partial charge >= 0.3 is 0 Å². The van der Waals surface area contributed by atoms with E-state index in [4.69, 9.17) is 4.98 Å². The summed E-state index contributed by atoms with van der Waals surface area (Å²) in [6.45, 7) is 10.6. The molecule has 1 aliphatic heterocycles. The zero-order valence-electron chi connectivity index (χ0n) is 19.4. The van der Waals surface area contributed by atoms with Crippen molar-refractivity contribution in [2.24, 2.45) is 0 Å². The Kier molecular flexibility index (Phi) is 5.84. The van der Waals surface area contributed by atoms with Crippen LogP contribution in [0.15, 0.2) is 103 Å². The highest BCUT2D eigenvalue weighted by molar-refractivity contribution is 5.93. The molecule has 33 heavy (non-hydrogen) atoms. The van der Waals surface area contributed by atoms with E-state index < -0.39 is 0 Å². The van der Waals surface area contributed by atoms with E-state index in [1.807, 2.05) is 6.07 Å². The minimum atomic E-state index is 0.313. The number of likely N-dealkylation sites (N-methyl/N-ethyl adjacent to an activating group) is 1. The molecule has 3 heterocycles. The van der Waals surface area contributed by atoms with Crippen LogP contribution in [0.2, 0.25) is 0 Å². The van der Waals surface area contributed by atoms with E-state index in [2.05, 4.69) is 119 Å². The first-order valence-electron chi connectivity index (χ1n) is 11.7. The van der Waals surface area contributed by atoms with Crippen molar-refractivity contribution in [3.63, 3.8) is 0 Å². The minimum Gasteiger partial charge on any atom is -0.294 e. The third-order valence-electron chi connectivity index (χ3n) is 6.38. The van der Waals surface area contributed by atoms with Crippen LogP contribution in [0.25, 0.3) is 33.5 Å². The van der Waals surface area contributed by atoms with Crippen LogP contribution in [0, 0.1) is 0 Å². The monoisotopic (exact) mass is 434 g/mol. The lowest BCUT2D eigenvalue weighted by molar-refractivity contribution is 0.282. The molecule has 1 unspecified atom stereocenters. The van der Waals surface area contributed by atoms with E-state index >= 15 is 0 Å². The highest BCUT2D eigenvalue weighted by atomic mass is 15.2. The van der Waals surface area contributed by atoms with Gasteiger partial charge in [0.05, 0.1) is 22.1 Å². The van der Waals surface area contributed by atoms with Crippen molar-refractivity contribution in [1.29, 1.82) is 0 Å². The molecule has 0 N–H and O–H groups in total. The molecular formula is C29H30N4. The van der Waals surface area contributed by atoms with Crippen LogP contribution >= 0.6 is 0 Å². The summed E-state index contributed by atoms with van der Waals surface area (Å²) in [5.74, 6) is 0.931. The van der Waals surface area contributed by atoms with Crippen LogP contribution in [0.1, 0.15) is 20.3 Å². The Hall–Kier alpha value is -3.63. The summed E-state index contributed by atoms with van der Waals surface area (Å²) in [7, 11) is 0. The van der Waals surface area contributed by atoms with Crippen LogP contribution in [-0.2, 0) is 0 Å². The second-order valence-corrected chi connectivity index (χ2v) is 8.53. The third-order valence-corrected chi connectivity index (χ3v) is 6.38. The molecule has 0 fully saturated rings. The Morgan fingerprint density at radius 2 is 1.73 bits per heavy atom. The van der Waals surface area contributed by atoms with Crippen molar-refractivity contribution in [2.75, 3.05) is 13.1 Å². The lowest BCUT2D eigenvalue weighted by Crippen LogP contribution is -2.31. The normalized spacial score (nSPS) is 18.5. The summed E-state index contributed by atoms with van der Waals surface area (Å²) in [6, 6.07) is 17.2. The standard InChI is InChI=1S/C29H30N4/c1-4-31-21-11-5-6-12-22(2)17-19-24(20-18-23(31)3)32-27-15-9-10-16-28(27)33-26-14-8-7-13-25(26)30-29(32)33/h5-16,18-20,23H,2,4,17,21H2,1,3H3. The molecule has 4 nitrogen and oxygen atoms in total. The molecule has 4 heteroatoms. The number of hydrogen-bond acceptors (Lipinski definition) is 2. The molecule has 1 aliphatic rings. The van der Waals surface area contributed by atoms with Gasteiger partial charge in [0.2, 0.25) is 5.78 Å². The third kappa shape index (κ3) is 3.98. The summed E-state index contributed by atoms with van der Waals surface area (Å²) in [6.07, 6.45) is 16.1. The van der Waals surface area contributed by atoms with Crippen LogP contribution in [0.4, 0.5) is 0 Å². The average Bonchev–Trinajstić information content (AvgIpc) is 3.36. The topological polar surface area (TPSA) is 25.5 Å². The fraction of sp³-hybridized carbons (Fsp3) is 0.207. The van der Waals surface area contributed by atoms with Gasteiger partial charge in [-0.15, -0.1) is 0 Å². The molecule has 4 aromatic rings. The molecule has 0 aliphatic carbocycles. The molecule has 0 saturated heterocycles. The maximum atomic E-state index is 5.04. The Morgan fingerprint density at radius 1 is 0.970 bits per heavy atom. The van der Waals surface area contributed by atoms with Crippen LogP contribution in [0.3, 0.4) is 0 Å². The average molecular weight is 435 g/mol. The van der Waals surface area contributed by atoms with Crippen LogP contribution in [0.5, 0.6) is 0 Å². The SMILES string of the molecule is C=C1C=CC=CCN(CC)C(C)C=CC(n2c3ccccc3n3c4ccccc4nc23)=CC1. The fourth-order valence-electron chi connectivity index (χ4n) is 4.55. The van der Waals surface area contributed by atoms with E-state index in [-0.39, 0.29) is 0 Å². The van der Waals surface area contributed by atoms with Crippen molar-refractivity contribution < 1.29 is 0 Å². The number of allylic oxidation sites excluding steroid dienone is 7. The molecule has 0 bridgehead atoms. The predicted octanol–water partition coefficient (Wildman–Crippen LogP) is 6.62. The van der Waals surface area contributed by atoms with Crippen molar-refractivity contribution in [2.45, 2.75) is 26.3 Å². The number of rotatable bonds is 2. The molecule has 166 valence electrons.